The highest BCUT2D eigenvalue weighted by Gasteiger charge is 2.19. The van der Waals surface area contributed by atoms with E-state index in [1.165, 1.54) is 18.2 Å². The van der Waals surface area contributed by atoms with Crippen LogP contribution in [0.1, 0.15) is 18.4 Å². The summed E-state index contributed by atoms with van der Waals surface area (Å²) >= 11 is 1.05. The molecular weight excluding hydrogens is 502 g/mol. The van der Waals surface area contributed by atoms with Crippen molar-refractivity contribution in [3.8, 4) is 28.7 Å². The predicted molar refractivity (Wildman–Crippen MR) is 133 cm³/mol. The van der Waals surface area contributed by atoms with Gasteiger partial charge in [-0.3, -0.25) is 19.2 Å². The van der Waals surface area contributed by atoms with E-state index in [-0.39, 0.29) is 59.6 Å². The molecule has 0 aliphatic carbocycles. The fraction of sp³-hybridized carbons (Fsp3) is 0.125. The van der Waals surface area contributed by atoms with Crippen LogP contribution >= 0.6 is 11.3 Å². The molecule has 3 aromatic rings. The second-order valence-electron chi connectivity index (χ2n) is 7.12. The summed E-state index contributed by atoms with van der Waals surface area (Å²) in [5.74, 6) is -0.0744. The van der Waals surface area contributed by atoms with E-state index in [0.717, 1.165) is 11.3 Å². The predicted octanol–water partition coefficient (Wildman–Crippen LogP) is 4.25. The molecule has 37 heavy (non-hydrogen) atoms. The lowest BCUT2D eigenvalue weighted by atomic mass is 10.0. The highest BCUT2D eigenvalue weighted by molar-refractivity contribution is 7.20. The maximum atomic E-state index is 12.0. The summed E-state index contributed by atoms with van der Waals surface area (Å²) in [4.78, 5) is 43.6. The third-order valence-corrected chi connectivity index (χ3v) is 5.61. The van der Waals surface area contributed by atoms with Crippen molar-refractivity contribution in [1.82, 2.24) is 0 Å². The summed E-state index contributed by atoms with van der Waals surface area (Å²) in [6, 6.07) is 12.9. The number of ether oxygens (including phenoxy) is 3. The van der Waals surface area contributed by atoms with Crippen LogP contribution in [0.15, 0.2) is 52.7 Å². The van der Waals surface area contributed by atoms with Crippen LogP contribution in [0.3, 0.4) is 0 Å². The highest BCUT2D eigenvalue weighted by Crippen LogP contribution is 2.45. The van der Waals surface area contributed by atoms with Gasteiger partial charge in [0.1, 0.15) is 27.6 Å². The molecule has 12 nitrogen and oxygen atoms in total. The third-order valence-electron chi connectivity index (χ3n) is 4.71. The lowest BCUT2D eigenvalue weighted by Crippen LogP contribution is -2.12. The number of nitriles is 1. The average molecular weight is 522 g/mol. The molecule has 0 saturated heterocycles. The molecule has 0 bridgehead atoms. The SMILES string of the molecule is N#Cc1c(N)sc(N=Nc2cc(OC=O)cc(OC=O)c2)c1-c1ccc(NC(=O)CCCOC=O)cc1. The Balaban J connectivity index is 1.86. The van der Waals surface area contributed by atoms with Gasteiger partial charge in [-0.2, -0.15) is 5.26 Å². The molecule has 0 saturated carbocycles. The Hall–Kier alpha value is -5.09. The van der Waals surface area contributed by atoms with Crippen LogP contribution in [0, 0.1) is 11.3 Å². The van der Waals surface area contributed by atoms with Gasteiger partial charge in [-0.1, -0.05) is 23.5 Å². The number of nitrogens with zero attached hydrogens (tertiary/aromatic N) is 3. The van der Waals surface area contributed by atoms with Crippen molar-refractivity contribution in [2.75, 3.05) is 17.7 Å². The minimum absolute atomic E-state index is 0.0841. The van der Waals surface area contributed by atoms with E-state index in [0.29, 0.717) is 34.7 Å². The number of carbonyl (C=O) groups is 4. The third kappa shape index (κ3) is 7.20. The number of nitrogens with two attached hydrogens (primary N) is 1. The van der Waals surface area contributed by atoms with Crippen molar-refractivity contribution in [3.05, 3.63) is 48.0 Å². The molecule has 2 aromatic carbocycles. The van der Waals surface area contributed by atoms with Gasteiger partial charge in [-0.25, -0.2) is 0 Å². The Morgan fingerprint density at radius 1 is 1.03 bits per heavy atom. The molecule has 188 valence electrons. The molecule has 0 fully saturated rings. The maximum absolute atomic E-state index is 12.0. The number of azo groups is 1. The maximum Gasteiger partial charge on any atom is 0.298 e. The Morgan fingerprint density at radius 3 is 2.30 bits per heavy atom. The lowest BCUT2D eigenvalue weighted by Gasteiger charge is -2.07. The zero-order valence-corrected chi connectivity index (χ0v) is 19.9. The summed E-state index contributed by atoms with van der Waals surface area (Å²) in [5, 5.41) is 21.3. The van der Waals surface area contributed by atoms with E-state index < -0.39 is 0 Å². The van der Waals surface area contributed by atoms with E-state index in [1.54, 1.807) is 24.3 Å². The largest absolute Gasteiger partial charge is 0.468 e. The Morgan fingerprint density at radius 2 is 1.70 bits per heavy atom. The van der Waals surface area contributed by atoms with Crippen molar-refractivity contribution >= 4 is 58.0 Å². The molecule has 0 unspecified atom stereocenters. The van der Waals surface area contributed by atoms with Crippen LogP contribution in [0.2, 0.25) is 0 Å². The van der Waals surface area contributed by atoms with E-state index in [2.05, 4.69) is 26.4 Å². The topological polar surface area (TPSA) is 183 Å². The first-order chi connectivity index (χ1) is 18.0. The smallest absolute Gasteiger partial charge is 0.298 e. The summed E-state index contributed by atoms with van der Waals surface area (Å²) in [7, 11) is 0. The molecule has 3 N–H and O–H groups in total. The number of carbonyl (C=O) groups excluding carboxylic acids is 4. The van der Waals surface area contributed by atoms with Gasteiger partial charge in [-0.05, 0) is 24.1 Å². The summed E-state index contributed by atoms with van der Waals surface area (Å²) in [6.07, 6.45) is 0.572. The molecule has 0 aliphatic rings. The normalized spacial score (nSPS) is 10.4. The quantitative estimate of drug-likeness (QED) is 0.189. The first-order valence-electron chi connectivity index (χ1n) is 10.5. The van der Waals surface area contributed by atoms with Crippen LogP contribution < -0.4 is 20.5 Å². The van der Waals surface area contributed by atoms with Gasteiger partial charge in [0.25, 0.3) is 19.4 Å². The molecule has 0 radical (unpaired) electrons. The fourth-order valence-electron chi connectivity index (χ4n) is 3.16. The molecular formula is C24H19N5O7S. The van der Waals surface area contributed by atoms with E-state index in [9.17, 15) is 24.4 Å². The monoisotopic (exact) mass is 521 g/mol. The van der Waals surface area contributed by atoms with Crippen LogP contribution in [-0.2, 0) is 23.9 Å². The first-order valence-corrected chi connectivity index (χ1v) is 11.4. The molecule has 13 heteroatoms. The Labute approximate surface area is 214 Å². The average Bonchev–Trinajstić information content (AvgIpc) is 3.21. The molecule has 0 spiro atoms. The van der Waals surface area contributed by atoms with Crippen LogP contribution in [-0.4, -0.2) is 31.9 Å². The van der Waals surface area contributed by atoms with Gasteiger partial charge in [0, 0.05) is 35.9 Å². The molecule has 1 amide bonds. The number of benzene rings is 2. The molecule has 0 aliphatic heterocycles. The van der Waals surface area contributed by atoms with E-state index in [4.69, 9.17) is 15.2 Å². The zero-order valence-electron chi connectivity index (χ0n) is 19.1. The number of anilines is 2. The van der Waals surface area contributed by atoms with Gasteiger partial charge >= 0.3 is 0 Å². The van der Waals surface area contributed by atoms with Crippen LogP contribution in [0.25, 0.3) is 11.1 Å². The van der Waals surface area contributed by atoms with Crippen molar-refractivity contribution in [3.63, 3.8) is 0 Å². The minimum atomic E-state index is -0.243. The number of hydrogen-bond donors (Lipinski definition) is 2. The van der Waals surface area contributed by atoms with E-state index in [1.807, 2.05) is 0 Å². The number of nitrogen functional groups attached to an aromatic ring is 1. The zero-order chi connectivity index (χ0) is 26.6. The van der Waals surface area contributed by atoms with Gasteiger partial charge in [0.2, 0.25) is 5.91 Å². The van der Waals surface area contributed by atoms with Gasteiger partial charge in [0.05, 0.1) is 17.9 Å². The number of hydrogen-bond acceptors (Lipinski definition) is 12. The second kappa shape index (κ2) is 13.1. The Bertz CT molecular complexity index is 1330. The summed E-state index contributed by atoms with van der Waals surface area (Å²) in [5.41, 5.74) is 8.06. The second-order valence-corrected chi connectivity index (χ2v) is 8.15. The molecule has 3 rings (SSSR count). The number of thiophene rings is 1. The highest BCUT2D eigenvalue weighted by atomic mass is 32.1. The van der Waals surface area contributed by atoms with E-state index >= 15 is 0 Å². The molecule has 1 aromatic heterocycles. The fourth-order valence-corrected chi connectivity index (χ4v) is 4.02. The van der Waals surface area contributed by atoms with Crippen molar-refractivity contribution < 1.29 is 33.4 Å². The number of rotatable bonds is 13. The summed E-state index contributed by atoms with van der Waals surface area (Å²) < 4.78 is 14.2. The number of nitrogens with one attached hydrogen (secondary N) is 1. The van der Waals surface area contributed by atoms with Crippen molar-refractivity contribution in [2.45, 2.75) is 12.8 Å². The molecule has 1 heterocycles. The van der Waals surface area contributed by atoms with Crippen molar-refractivity contribution in [2.24, 2.45) is 10.2 Å². The van der Waals surface area contributed by atoms with Crippen molar-refractivity contribution in [1.29, 1.82) is 5.26 Å². The minimum Gasteiger partial charge on any atom is -0.468 e. The van der Waals surface area contributed by atoms with Gasteiger partial charge < -0.3 is 25.3 Å². The lowest BCUT2D eigenvalue weighted by molar-refractivity contribution is -0.129. The van der Waals surface area contributed by atoms with Gasteiger partial charge in [0.15, 0.2) is 0 Å². The first kappa shape index (κ1) is 26.5. The van der Waals surface area contributed by atoms with Crippen LogP contribution in [0.5, 0.6) is 11.5 Å². The standard InChI is InChI=1S/C24H19N5O7S/c25-11-20-22(15-3-5-16(6-4-15)27-21(33)2-1-7-34-12-30)24(37-23(20)26)29-28-17-8-18(35-13-31)10-19(9-17)36-14-32/h3-6,8-10,12-14H,1-2,7,26H2,(H,27,33). The molecule has 0 atom stereocenters. The Kier molecular flexibility index (Phi) is 9.40. The van der Waals surface area contributed by atoms with Gasteiger partial charge in [-0.15, -0.1) is 10.2 Å². The summed E-state index contributed by atoms with van der Waals surface area (Å²) in [6.45, 7) is 0.915. The van der Waals surface area contributed by atoms with Crippen LogP contribution in [0.4, 0.5) is 21.4 Å². The number of amides is 1.